The number of fused-ring (bicyclic) bond motifs is 2. The minimum Gasteiger partial charge on any atom is -0.174 e. The Labute approximate surface area is 67.2 Å². The van der Waals surface area contributed by atoms with E-state index in [0.717, 1.165) is 11.8 Å². The summed E-state index contributed by atoms with van der Waals surface area (Å²) in [5.41, 5.74) is 0. The Bertz CT molecular complexity index is 106. The van der Waals surface area contributed by atoms with E-state index in [9.17, 15) is 0 Å². The third-order valence-corrected chi connectivity index (χ3v) is 4.55. The van der Waals surface area contributed by atoms with Crippen molar-refractivity contribution < 1.29 is 0 Å². The van der Waals surface area contributed by atoms with Crippen LogP contribution in [0.5, 0.6) is 0 Å². The Morgan fingerprint density at radius 3 is 1.56 bits per heavy atom. The molecule has 0 aliphatic heterocycles. The predicted molar refractivity (Wildman–Crippen MR) is 46.4 cm³/mol. The van der Waals surface area contributed by atoms with E-state index in [2.05, 4.69) is 25.3 Å². The summed E-state index contributed by atoms with van der Waals surface area (Å²) in [5, 5.41) is 1.21. The molecular formula is C7H12S2. The largest absolute Gasteiger partial charge is 0.174 e. The van der Waals surface area contributed by atoms with E-state index in [-0.39, 0.29) is 0 Å². The van der Waals surface area contributed by atoms with Crippen molar-refractivity contribution in [2.45, 2.75) is 29.8 Å². The van der Waals surface area contributed by atoms with Crippen molar-refractivity contribution in [3.05, 3.63) is 0 Å². The van der Waals surface area contributed by atoms with E-state index >= 15 is 0 Å². The topological polar surface area (TPSA) is 0 Å². The summed E-state index contributed by atoms with van der Waals surface area (Å²) in [5.74, 6) is 1.81. The van der Waals surface area contributed by atoms with Crippen molar-refractivity contribution in [2.75, 3.05) is 0 Å². The van der Waals surface area contributed by atoms with Crippen LogP contribution in [0.1, 0.15) is 19.3 Å². The van der Waals surface area contributed by atoms with Crippen LogP contribution in [0.4, 0.5) is 0 Å². The quantitative estimate of drug-likeness (QED) is 0.498. The molecule has 2 heteroatoms. The summed E-state index contributed by atoms with van der Waals surface area (Å²) < 4.78 is 0. The van der Waals surface area contributed by atoms with Crippen LogP contribution in [0.2, 0.25) is 0 Å². The SMILES string of the molecule is S[C@@H]1[C@@H]2CC[C@H](C2)[C@@H]1S. The summed E-state index contributed by atoms with van der Waals surface area (Å²) in [7, 11) is 0. The normalized spacial score (nSPS) is 56.7. The Balaban J connectivity index is 2.15. The van der Waals surface area contributed by atoms with Crippen molar-refractivity contribution >= 4 is 25.3 Å². The van der Waals surface area contributed by atoms with Crippen molar-refractivity contribution in [1.82, 2.24) is 0 Å². The van der Waals surface area contributed by atoms with Crippen molar-refractivity contribution in [3.8, 4) is 0 Å². The van der Waals surface area contributed by atoms with Gasteiger partial charge in [0.05, 0.1) is 0 Å². The second kappa shape index (κ2) is 2.09. The highest BCUT2D eigenvalue weighted by atomic mass is 32.1. The van der Waals surface area contributed by atoms with Gasteiger partial charge in [-0.1, -0.05) is 0 Å². The average molecular weight is 160 g/mol. The molecule has 0 aromatic rings. The third kappa shape index (κ3) is 0.829. The van der Waals surface area contributed by atoms with Crippen molar-refractivity contribution in [1.29, 1.82) is 0 Å². The molecule has 2 aliphatic rings. The highest BCUT2D eigenvalue weighted by Crippen LogP contribution is 2.49. The number of hydrogen-bond donors (Lipinski definition) is 2. The molecule has 2 saturated carbocycles. The number of thiol groups is 2. The van der Waals surface area contributed by atoms with Gasteiger partial charge in [-0.05, 0) is 31.1 Å². The second-order valence-electron chi connectivity index (χ2n) is 3.31. The zero-order chi connectivity index (χ0) is 6.43. The summed E-state index contributed by atoms with van der Waals surface area (Å²) in [6.45, 7) is 0. The molecule has 0 nitrogen and oxygen atoms in total. The first kappa shape index (κ1) is 6.41. The minimum absolute atomic E-state index is 0.604. The molecule has 0 radical (unpaired) electrons. The van der Waals surface area contributed by atoms with Gasteiger partial charge in [0.2, 0.25) is 0 Å². The molecule has 0 aromatic carbocycles. The lowest BCUT2D eigenvalue weighted by molar-refractivity contribution is 0.508. The van der Waals surface area contributed by atoms with Crippen LogP contribution >= 0.6 is 25.3 Å². The molecule has 0 saturated heterocycles. The third-order valence-electron chi connectivity index (χ3n) is 2.83. The molecule has 0 N–H and O–H groups in total. The van der Waals surface area contributed by atoms with E-state index in [0.29, 0.717) is 10.5 Å². The first-order chi connectivity index (χ1) is 4.29. The first-order valence-corrected chi connectivity index (χ1v) is 4.68. The maximum atomic E-state index is 4.52. The Hall–Kier alpha value is 0.700. The molecule has 9 heavy (non-hydrogen) atoms. The van der Waals surface area contributed by atoms with Crippen LogP contribution in [0, 0.1) is 11.8 Å². The smallest absolute Gasteiger partial charge is 0.0164 e. The Morgan fingerprint density at radius 1 is 0.889 bits per heavy atom. The number of hydrogen-bond acceptors (Lipinski definition) is 2. The highest BCUT2D eigenvalue weighted by molar-refractivity contribution is 7.85. The monoisotopic (exact) mass is 160 g/mol. The van der Waals surface area contributed by atoms with Crippen LogP contribution in [0.25, 0.3) is 0 Å². The zero-order valence-corrected chi connectivity index (χ0v) is 7.11. The van der Waals surface area contributed by atoms with E-state index in [1.54, 1.807) is 0 Å². The summed E-state index contributed by atoms with van der Waals surface area (Å²) in [4.78, 5) is 0. The standard InChI is InChI=1S/C7H12S2/c8-6-4-1-2-5(3-4)7(6)9/h4-9H,1-3H2/t4-,5-,6-,7+/m1/s1. The minimum atomic E-state index is 0.604. The average Bonchev–Trinajstić information content (AvgIpc) is 2.37. The lowest BCUT2D eigenvalue weighted by Crippen LogP contribution is -2.22. The van der Waals surface area contributed by atoms with E-state index < -0.39 is 0 Å². The molecule has 2 bridgehead atoms. The lowest BCUT2D eigenvalue weighted by Gasteiger charge is -2.22. The van der Waals surface area contributed by atoms with Gasteiger partial charge in [0.15, 0.2) is 0 Å². The molecule has 2 aliphatic carbocycles. The fourth-order valence-corrected chi connectivity index (χ4v) is 3.26. The second-order valence-corrected chi connectivity index (χ2v) is 4.51. The van der Waals surface area contributed by atoms with Crippen molar-refractivity contribution in [3.63, 3.8) is 0 Å². The molecule has 52 valence electrons. The first-order valence-electron chi connectivity index (χ1n) is 3.65. The molecule has 2 rings (SSSR count). The zero-order valence-electron chi connectivity index (χ0n) is 5.33. The van der Waals surface area contributed by atoms with Gasteiger partial charge in [0, 0.05) is 10.5 Å². The van der Waals surface area contributed by atoms with E-state index in [4.69, 9.17) is 0 Å². The highest BCUT2D eigenvalue weighted by Gasteiger charge is 2.43. The molecule has 4 atom stereocenters. The maximum absolute atomic E-state index is 4.52. The summed E-state index contributed by atoms with van der Waals surface area (Å²) >= 11 is 9.03. The molecule has 0 heterocycles. The van der Waals surface area contributed by atoms with Gasteiger partial charge >= 0.3 is 0 Å². The molecule has 0 aromatic heterocycles. The fourth-order valence-electron chi connectivity index (χ4n) is 2.23. The predicted octanol–water partition coefficient (Wildman–Crippen LogP) is 2.01. The Morgan fingerprint density at radius 2 is 1.33 bits per heavy atom. The van der Waals surface area contributed by atoms with Gasteiger partial charge in [-0.3, -0.25) is 0 Å². The molecule has 0 amide bonds. The summed E-state index contributed by atoms with van der Waals surface area (Å²) in [6.07, 6.45) is 4.23. The molecule has 0 unspecified atom stereocenters. The van der Waals surface area contributed by atoms with Crippen LogP contribution in [0.3, 0.4) is 0 Å². The van der Waals surface area contributed by atoms with Gasteiger partial charge in [-0.15, -0.1) is 0 Å². The van der Waals surface area contributed by atoms with Gasteiger partial charge in [-0.25, -0.2) is 0 Å². The Kier molecular flexibility index (Phi) is 1.49. The van der Waals surface area contributed by atoms with Gasteiger partial charge in [0.1, 0.15) is 0 Å². The molecule has 0 spiro atoms. The van der Waals surface area contributed by atoms with Crippen LogP contribution in [-0.4, -0.2) is 10.5 Å². The van der Waals surface area contributed by atoms with E-state index in [1.165, 1.54) is 19.3 Å². The van der Waals surface area contributed by atoms with Crippen LogP contribution in [-0.2, 0) is 0 Å². The van der Waals surface area contributed by atoms with Gasteiger partial charge in [0.25, 0.3) is 0 Å². The van der Waals surface area contributed by atoms with Gasteiger partial charge < -0.3 is 0 Å². The molecular weight excluding hydrogens is 148 g/mol. The van der Waals surface area contributed by atoms with Crippen molar-refractivity contribution in [2.24, 2.45) is 11.8 Å². The van der Waals surface area contributed by atoms with E-state index in [1.807, 2.05) is 0 Å². The lowest BCUT2D eigenvalue weighted by atomic mass is 10.00. The summed E-state index contributed by atoms with van der Waals surface area (Å²) in [6, 6.07) is 0. The molecule has 2 fully saturated rings. The van der Waals surface area contributed by atoms with Crippen LogP contribution < -0.4 is 0 Å². The fraction of sp³-hybridized carbons (Fsp3) is 1.00. The van der Waals surface area contributed by atoms with Crippen LogP contribution in [0.15, 0.2) is 0 Å². The number of rotatable bonds is 0. The maximum Gasteiger partial charge on any atom is 0.0164 e. The van der Waals surface area contributed by atoms with Gasteiger partial charge in [-0.2, -0.15) is 25.3 Å².